The van der Waals surface area contributed by atoms with Crippen molar-refractivity contribution >= 4 is 11.8 Å². The molecule has 5 heteroatoms. The first-order valence-corrected chi connectivity index (χ1v) is 4.54. The van der Waals surface area contributed by atoms with E-state index in [1.807, 2.05) is 4.90 Å². The Hall–Kier alpha value is -1.65. The summed E-state index contributed by atoms with van der Waals surface area (Å²) in [6, 6.07) is 1.31. The van der Waals surface area contributed by atoms with Gasteiger partial charge in [-0.05, 0) is 18.9 Å². The van der Waals surface area contributed by atoms with Crippen molar-refractivity contribution in [2.45, 2.75) is 18.9 Å². The second kappa shape index (κ2) is 3.61. The first-order chi connectivity index (χ1) is 6.79. The summed E-state index contributed by atoms with van der Waals surface area (Å²) in [5.41, 5.74) is 0. The average Bonchev–Trinajstić information content (AvgIpc) is 2.67. The number of anilines is 1. The molecule has 1 aromatic heterocycles. The van der Waals surface area contributed by atoms with Crippen LogP contribution in [0.4, 0.5) is 5.82 Å². The molecule has 1 saturated heterocycles. The quantitative estimate of drug-likeness (QED) is 0.742. The maximum absolute atomic E-state index is 10.9. The van der Waals surface area contributed by atoms with Gasteiger partial charge >= 0.3 is 5.97 Å². The third-order valence-corrected chi connectivity index (χ3v) is 2.40. The van der Waals surface area contributed by atoms with E-state index < -0.39 is 12.0 Å². The summed E-state index contributed by atoms with van der Waals surface area (Å²) >= 11 is 0. The van der Waals surface area contributed by atoms with Gasteiger partial charge in [0.05, 0.1) is 0 Å². The van der Waals surface area contributed by atoms with E-state index in [1.54, 1.807) is 12.3 Å². The summed E-state index contributed by atoms with van der Waals surface area (Å²) in [7, 11) is 0. The van der Waals surface area contributed by atoms with E-state index in [2.05, 4.69) is 9.97 Å². The summed E-state index contributed by atoms with van der Waals surface area (Å²) in [5.74, 6) is -0.0778. The van der Waals surface area contributed by atoms with Crippen molar-refractivity contribution in [1.82, 2.24) is 9.97 Å². The third kappa shape index (κ3) is 1.53. The number of carboxylic acid groups (broad SMARTS) is 1. The highest BCUT2D eigenvalue weighted by molar-refractivity contribution is 5.78. The molecule has 0 amide bonds. The third-order valence-electron chi connectivity index (χ3n) is 2.40. The molecule has 74 valence electrons. The summed E-state index contributed by atoms with van der Waals surface area (Å²) in [6.07, 6.45) is 4.66. The molecular formula is C9H11N3O2. The van der Waals surface area contributed by atoms with Crippen LogP contribution in [0.5, 0.6) is 0 Å². The minimum absolute atomic E-state index is 0.426. The molecule has 2 heterocycles. The topological polar surface area (TPSA) is 66.3 Å². The minimum atomic E-state index is -0.777. The summed E-state index contributed by atoms with van der Waals surface area (Å²) < 4.78 is 0. The fourth-order valence-electron chi connectivity index (χ4n) is 1.75. The van der Waals surface area contributed by atoms with Gasteiger partial charge in [0.15, 0.2) is 0 Å². The number of rotatable bonds is 2. The van der Waals surface area contributed by atoms with Crippen LogP contribution in [0, 0.1) is 0 Å². The predicted molar refractivity (Wildman–Crippen MR) is 50.0 cm³/mol. The molecule has 1 unspecified atom stereocenters. The lowest BCUT2D eigenvalue weighted by atomic mass is 10.2. The Balaban J connectivity index is 2.22. The molecule has 0 spiro atoms. The molecule has 14 heavy (non-hydrogen) atoms. The Morgan fingerprint density at radius 3 is 3.14 bits per heavy atom. The van der Waals surface area contributed by atoms with Crippen LogP contribution in [0.2, 0.25) is 0 Å². The smallest absolute Gasteiger partial charge is 0.326 e. The Kier molecular flexibility index (Phi) is 2.30. The lowest BCUT2D eigenvalue weighted by Gasteiger charge is -2.21. The largest absolute Gasteiger partial charge is 0.480 e. The normalized spacial score (nSPS) is 21.1. The van der Waals surface area contributed by atoms with E-state index in [-0.39, 0.29) is 0 Å². The second-order valence-corrected chi connectivity index (χ2v) is 3.26. The van der Waals surface area contributed by atoms with E-state index in [0.717, 1.165) is 13.0 Å². The highest BCUT2D eigenvalue weighted by Crippen LogP contribution is 2.22. The van der Waals surface area contributed by atoms with Crippen LogP contribution in [-0.2, 0) is 4.79 Å². The van der Waals surface area contributed by atoms with E-state index >= 15 is 0 Å². The van der Waals surface area contributed by atoms with Crippen molar-refractivity contribution in [3.63, 3.8) is 0 Å². The van der Waals surface area contributed by atoms with Crippen molar-refractivity contribution in [1.29, 1.82) is 0 Å². The standard InChI is InChI=1S/C9H11N3O2/c13-9(14)7-2-1-5-12(7)8-3-4-10-6-11-8/h3-4,6-7H,1-2,5H2,(H,13,14). The van der Waals surface area contributed by atoms with Gasteiger partial charge < -0.3 is 10.0 Å². The molecule has 0 aromatic carbocycles. The van der Waals surface area contributed by atoms with Crippen molar-refractivity contribution in [3.05, 3.63) is 18.6 Å². The fraction of sp³-hybridized carbons (Fsp3) is 0.444. The Morgan fingerprint density at radius 1 is 1.64 bits per heavy atom. The zero-order valence-electron chi connectivity index (χ0n) is 7.63. The van der Waals surface area contributed by atoms with Gasteiger partial charge in [0.1, 0.15) is 18.2 Å². The Labute approximate surface area is 81.4 Å². The summed E-state index contributed by atoms with van der Waals surface area (Å²) in [6.45, 7) is 0.758. The maximum atomic E-state index is 10.9. The van der Waals surface area contributed by atoms with Crippen LogP contribution in [0.1, 0.15) is 12.8 Å². The zero-order chi connectivity index (χ0) is 9.97. The van der Waals surface area contributed by atoms with Gasteiger partial charge in [-0.2, -0.15) is 0 Å². The van der Waals surface area contributed by atoms with E-state index in [4.69, 9.17) is 5.11 Å². The van der Waals surface area contributed by atoms with Gasteiger partial charge in [0.25, 0.3) is 0 Å². The molecule has 1 aliphatic rings. The fourth-order valence-corrected chi connectivity index (χ4v) is 1.75. The number of hydrogen-bond acceptors (Lipinski definition) is 4. The minimum Gasteiger partial charge on any atom is -0.480 e. The van der Waals surface area contributed by atoms with E-state index in [9.17, 15) is 4.79 Å². The van der Waals surface area contributed by atoms with Crippen LogP contribution in [0.3, 0.4) is 0 Å². The molecule has 2 rings (SSSR count). The summed E-state index contributed by atoms with van der Waals surface area (Å²) in [5, 5.41) is 8.96. The van der Waals surface area contributed by atoms with E-state index in [1.165, 1.54) is 6.33 Å². The highest BCUT2D eigenvalue weighted by Gasteiger charge is 2.31. The molecule has 1 atom stereocenters. The van der Waals surface area contributed by atoms with Gasteiger partial charge in [0, 0.05) is 12.7 Å². The Morgan fingerprint density at radius 2 is 2.50 bits per heavy atom. The van der Waals surface area contributed by atoms with Gasteiger partial charge in [-0.1, -0.05) is 0 Å². The molecule has 1 fully saturated rings. The maximum Gasteiger partial charge on any atom is 0.326 e. The SMILES string of the molecule is O=C(O)C1CCCN1c1ccncn1. The zero-order valence-corrected chi connectivity index (χ0v) is 7.63. The molecular weight excluding hydrogens is 182 g/mol. The molecule has 0 bridgehead atoms. The number of carboxylic acids is 1. The highest BCUT2D eigenvalue weighted by atomic mass is 16.4. The second-order valence-electron chi connectivity index (χ2n) is 3.26. The van der Waals surface area contributed by atoms with Crippen LogP contribution in [-0.4, -0.2) is 33.6 Å². The number of nitrogens with zero attached hydrogens (tertiary/aromatic N) is 3. The summed E-state index contributed by atoms with van der Waals surface area (Å²) in [4.78, 5) is 20.6. The first kappa shape index (κ1) is 8.93. The van der Waals surface area contributed by atoms with E-state index in [0.29, 0.717) is 12.2 Å². The van der Waals surface area contributed by atoms with Crippen LogP contribution in [0.25, 0.3) is 0 Å². The van der Waals surface area contributed by atoms with Gasteiger partial charge in [0.2, 0.25) is 0 Å². The molecule has 5 nitrogen and oxygen atoms in total. The van der Waals surface area contributed by atoms with Crippen molar-refractivity contribution in [3.8, 4) is 0 Å². The molecule has 1 aromatic rings. The lowest BCUT2D eigenvalue weighted by Crippen LogP contribution is -2.36. The number of hydrogen-bond donors (Lipinski definition) is 1. The van der Waals surface area contributed by atoms with Crippen molar-refractivity contribution in [2.24, 2.45) is 0 Å². The number of aliphatic carboxylic acids is 1. The average molecular weight is 193 g/mol. The Bertz CT molecular complexity index is 328. The molecule has 1 aliphatic heterocycles. The number of aromatic nitrogens is 2. The van der Waals surface area contributed by atoms with Crippen LogP contribution in [0.15, 0.2) is 18.6 Å². The van der Waals surface area contributed by atoms with Crippen molar-refractivity contribution in [2.75, 3.05) is 11.4 Å². The van der Waals surface area contributed by atoms with Crippen molar-refractivity contribution < 1.29 is 9.90 Å². The van der Waals surface area contributed by atoms with Gasteiger partial charge in [-0.25, -0.2) is 14.8 Å². The molecule has 0 radical (unpaired) electrons. The first-order valence-electron chi connectivity index (χ1n) is 4.54. The van der Waals surface area contributed by atoms with Gasteiger partial charge in [-0.3, -0.25) is 0 Å². The molecule has 1 N–H and O–H groups in total. The lowest BCUT2D eigenvalue weighted by molar-refractivity contribution is -0.138. The number of carbonyl (C=O) groups is 1. The monoisotopic (exact) mass is 193 g/mol. The molecule has 0 aliphatic carbocycles. The van der Waals surface area contributed by atoms with Crippen LogP contribution >= 0.6 is 0 Å². The predicted octanol–water partition coefficient (Wildman–Crippen LogP) is 0.530. The van der Waals surface area contributed by atoms with Gasteiger partial charge in [-0.15, -0.1) is 0 Å². The van der Waals surface area contributed by atoms with Crippen LogP contribution < -0.4 is 4.90 Å². The molecule has 0 saturated carbocycles.